The molecule has 12 aliphatic rings. The highest BCUT2D eigenvalue weighted by Gasteiger charge is 2.64. The number of rotatable bonds is 38. The Labute approximate surface area is 832 Å². The Hall–Kier alpha value is -4.85. The fourth-order valence-corrected chi connectivity index (χ4v) is 19.2. The number of hydrogen-bond acceptors (Lipinski definition) is 60. The molecule has 0 radical (unpaired) electrons. The molecule has 65 heteroatoms. The Kier molecular flexibility index (Phi) is 43.4. The normalized spacial score (nSPS) is 49.6. The van der Waals surface area contributed by atoms with E-state index < -0.39 is 470 Å². The molecule has 850 valence electrons. The SMILES string of the molecule is CC(=O)N[C@H]1[C@H](O[C@H]2[C@H](O)[C@@H](NC(C)=O)C(O)O[C@@H]2CO[C@@H]2O[C@@H](C)[C@@H](O)[C@@H](O)[C@@H]2O)O[C@H](CO)[C@@H](O[C@@H]2O[C@H](CO[C@H]3O[C@H](CO)[C@@H](O)[C@H](O)[C@@H]3O[C@@H]3O[C@H](CO)[C@@H](O[C@@H]4O[C@H](CO)[C@H](O)[C@H](O)[C@H]4O)[C@H](O)[C@H]3NC(C)=O)[C@@H](O)[C@H](O[C@H]3O[C@H](CO)[C@@H](O[C@@H]4O[C@H](CO)[C@@H](O)[C@H](O[C@@H]5O[C@H](CO)[C@H](O)[C@H](O)[C@H]5O)[C@H]4NC(C)=O)[C@H](O)[C@@H]3O[C@@H]3O[C@H](CO)[C@@H](O[C@@H]4O[C@H](CO)[C@H](O)[C@H](O)[C@H]4O)[C@H](O)[C@H]3NC(C)=O)[C@@H]2O)[C@@H]1O. The minimum Gasteiger partial charge on any atom is -0.394 e. The highest BCUT2D eigenvalue weighted by atomic mass is 16.8. The van der Waals surface area contributed by atoms with Crippen molar-refractivity contribution in [2.24, 2.45) is 0 Å². The second kappa shape index (κ2) is 52.8. The van der Waals surface area contributed by atoms with Crippen LogP contribution in [0.2, 0.25) is 0 Å². The van der Waals surface area contributed by atoms with Crippen molar-refractivity contribution in [3.8, 4) is 0 Å². The zero-order valence-corrected chi connectivity index (χ0v) is 79.2. The van der Waals surface area contributed by atoms with E-state index in [9.17, 15) is 187 Å². The molecule has 12 saturated heterocycles. The molecule has 37 N–H and O–H groups in total. The van der Waals surface area contributed by atoms with Crippen LogP contribution in [0.1, 0.15) is 41.5 Å². The minimum absolute atomic E-state index is 0.854. The van der Waals surface area contributed by atoms with E-state index in [4.69, 9.17) is 109 Å². The van der Waals surface area contributed by atoms with Crippen LogP contribution >= 0.6 is 0 Å². The van der Waals surface area contributed by atoms with Crippen LogP contribution in [-0.2, 0) is 133 Å². The predicted molar refractivity (Wildman–Crippen MR) is 452 cm³/mol. The first kappa shape index (κ1) is 121. The standard InChI is InChI=1S/C82H137N5O60/c1-18-40(102)51(113)56(118)76(127-18)125-17-34-66(47(109)35(71(124)128-34)83-19(2)97)140-72-36(84-20(3)98)48(110)64(31(14-95)134-72)143-80-61(123)68(46(108)33(138-80)16-126-81-69(55(117)44(106)27(10-91)133-81)146-73-37(85-21(4)99)49(111)62(29(12-93)135-73)141-77-57(119)52(114)41(103)24(7-88)130-77)145-82-70(147-74-38(86-22(5)100)50(112)63(30(13-94)136-74)142-78-58(120)53(115)42(104)25(8-89)131-78)60(122)65(32(15-96)137-82)139-75-39(87-23(6)101)67(45(107)28(11-92)129-75)144-79-59(121)54(116)43(105)26(9-90)132-79/h18,24-82,88-96,102-124H,7-17H2,1-6H3,(H,83,97)(H,84,98)(H,85,99)(H,86,100)(H,87,101)/t18-,24+,25+,26+,27+,28+,29+,30+,31+,32+,33+,34+,35+,36+,37+,38+,39+,40+,41-,42-,43-,44+,45+,46+,47+,48+,49+,50+,51+,52-,53-,54-,55-,56-,57+,58+,59+,60-,61-,62+,63+,64+,65+,66+,67+,68-,69-,70-,71?,72-,73-,74-,75-,76+,77-,78-,79-,80-,81-,82+/m0/s1. The molecule has 65 nitrogen and oxygen atoms in total. The molecule has 0 aromatic rings. The van der Waals surface area contributed by atoms with Gasteiger partial charge in [0, 0.05) is 34.6 Å². The Bertz CT molecular complexity index is 4110. The van der Waals surface area contributed by atoms with E-state index in [1.807, 2.05) is 0 Å². The topological polar surface area (TPSA) is 1010 Å². The summed E-state index contributed by atoms with van der Waals surface area (Å²) in [5.41, 5.74) is 0. The van der Waals surface area contributed by atoms with Gasteiger partial charge in [-0.25, -0.2) is 0 Å². The monoisotopic (exact) mass is 2150 g/mol. The lowest BCUT2D eigenvalue weighted by Crippen LogP contribution is -2.72. The summed E-state index contributed by atoms with van der Waals surface area (Å²) >= 11 is 0. The van der Waals surface area contributed by atoms with E-state index in [2.05, 4.69) is 26.6 Å². The van der Waals surface area contributed by atoms with E-state index >= 15 is 0 Å². The first-order valence-corrected chi connectivity index (χ1v) is 47.0. The average Bonchev–Trinajstić information content (AvgIpc) is 0.762. The predicted octanol–water partition coefficient (Wildman–Crippen LogP) is -25.4. The van der Waals surface area contributed by atoms with E-state index in [1.54, 1.807) is 0 Å². The molecule has 60 atom stereocenters. The number of aliphatic hydroxyl groups is 32. The van der Waals surface area contributed by atoms with Gasteiger partial charge >= 0.3 is 0 Å². The Morgan fingerprint density at radius 3 is 0.830 bits per heavy atom. The maximum atomic E-state index is 13.5. The van der Waals surface area contributed by atoms with Crippen molar-refractivity contribution in [3.05, 3.63) is 0 Å². The van der Waals surface area contributed by atoms with E-state index in [-0.39, 0.29) is 0 Å². The van der Waals surface area contributed by atoms with Gasteiger partial charge in [0.05, 0.1) is 78.8 Å². The maximum absolute atomic E-state index is 13.5. The summed E-state index contributed by atoms with van der Waals surface area (Å²) in [6, 6.07) is -10.2. The van der Waals surface area contributed by atoms with Crippen molar-refractivity contribution >= 4 is 29.5 Å². The summed E-state index contributed by atoms with van der Waals surface area (Å²) in [5.74, 6) is -5.08. The summed E-state index contributed by atoms with van der Waals surface area (Å²) in [4.78, 5) is 66.1. The number of carbonyl (C=O) groups is 5. The van der Waals surface area contributed by atoms with Gasteiger partial charge in [-0.05, 0) is 6.92 Å². The molecular weight excluding hydrogens is 2010 g/mol. The molecule has 12 aliphatic heterocycles. The van der Waals surface area contributed by atoms with Crippen molar-refractivity contribution in [1.82, 2.24) is 26.6 Å². The molecular formula is C82H137N5O60. The largest absolute Gasteiger partial charge is 0.394 e. The lowest BCUT2D eigenvalue weighted by molar-refractivity contribution is -0.406. The fourth-order valence-electron chi connectivity index (χ4n) is 19.2. The molecule has 1 unspecified atom stereocenters. The first-order valence-electron chi connectivity index (χ1n) is 47.0. The second-order valence-electron chi connectivity index (χ2n) is 37.3. The summed E-state index contributed by atoms with van der Waals surface area (Å²) in [6.07, 6.45) is -120. The van der Waals surface area contributed by atoms with Crippen LogP contribution in [-0.4, -0.2) is 634 Å². The molecule has 0 bridgehead atoms. The first-order chi connectivity index (χ1) is 69.5. The van der Waals surface area contributed by atoms with Crippen molar-refractivity contribution in [2.75, 3.05) is 72.7 Å². The number of carbonyl (C=O) groups excluding carboxylic acids is 5. The summed E-state index contributed by atoms with van der Waals surface area (Å²) < 4.78 is 139. The van der Waals surface area contributed by atoms with Crippen molar-refractivity contribution in [3.63, 3.8) is 0 Å². The molecule has 0 aromatic carbocycles. The maximum Gasteiger partial charge on any atom is 0.217 e. The molecule has 0 spiro atoms. The molecule has 12 fully saturated rings. The van der Waals surface area contributed by atoms with Crippen LogP contribution in [0.25, 0.3) is 0 Å². The van der Waals surface area contributed by atoms with Crippen LogP contribution in [0.4, 0.5) is 0 Å². The summed E-state index contributed by atoms with van der Waals surface area (Å²) in [7, 11) is 0. The molecule has 0 aromatic heterocycles. The van der Waals surface area contributed by atoms with Crippen LogP contribution in [0.15, 0.2) is 0 Å². The van der Waals surface area contributed by atoms with Gasteiger partial charge in [-0.1, -0.05) is 0 Å². The van der Waals surface area contributed by atoms with Crippen molar-refractivity contribution < 1.29 is 296 Å². The lowest BCUT2D eigenvalue weighted by atomic mass is 9.93. The number of aliphatic hydroxyl groups excluding tert-OH is 32. The van der Waals surface area contributed by atoms with Gasteiger partial charge in [-0.3, -0.25) is 24.0 Å². The van der Waals surface area contributed by atoms with E-state index in [1.165, 1.54) is 6.92 Å². The molecule has 12 heterocycles. The van der Waals surface area contributed by atoms with Gasteiger partial charge in [-0.2, -0.15) is 0 Å². The fraction of sp³-hybridized carbons (Fsp3) is 0.939. The lowest BCUT2D eigenvalue weighted by Gasteiger charge is -2.52. The van der Waals surface area contributed by atoms with Gasteiger partial charge in [-0.15, -0.1) is 0 Å². The summed E-state index contributed by atoms with van der Waals surface area (Å²) in [5, 5.41) is 374. The van der Waals surface area contributed by atoms with Crippen LogP contribution in [0, 0.1) is 0 Å². The van der Waals surface area contributed by atoms with Gasteiger partial charge in [0.15, 0.2) is 75.5 Å². The Morgan fingerprint density at radius 1 is 0.190 bits per heavy atom. The number of ether oxygens (including phenoxy) is 23. The Balaban J connectivity index is 0.936. The smallest absolute Gasteiger partial charge is 0.217 e. The minimum atomic E-state index is -2.81. The van der Waals surface area contributed by atoms with E-state index in [0.29, 0.717) is 0 Å². The zero-order chi connectivity index (χ0) is 108. The highest BCUT2D eigenvalue weighted by molar-refractivity contribution is 5.75. The summed E-state index contributed by atoms with van der Waals surface area (Å²) in [6.45, 7) is -7.34. The van der Waals surface area contributed by atoms with Crippen LogP contribution in [0.5, 0.6) is 0 Å². The van der Waals surface area contributed by atoms with Crippen molar-refractivity contribution in [1.29, 1.82) is 0 Å². The van der Waals surface area contributed by atoms with Gasteiger partial charge in [0.2, 0.25) is 29.5 Å². The van der Waals surface area contributed by atoms with Crippen LogP contribution < -0.4 is 26.6 Å². The van der Waals surface area contributed by atoms with Gasteiger partial charge in [0.25, 0.3) is 0 Å². The number of nitrogens with one attached hydrogen (secondary N) is 5. The molecule has 5 amide bonds. The Morgan fingerprint density at radius 2 is 0.435 bits per heavy atom. The van der Waals surface area contributed by atoms with Gasteiger partial charge in [0.1, 0.15) is 287 Å². The molecule has 12 rings (SSSR count). The second-order valence-corrected chi connectivity index (χ2v) is 37.3. The third kappa shape index (κ3) is 26.8. The zero-order valence-electron chi connectivity index (χ0n) is 79.2. The third-order valence-corrected chi connectivity index (χ3v) is 27.0. The number of hydrogen-bond donors (Lipinski definition) is 37. The quantitative estimate of drug-likeness (QED) is 0.0273. The molecule has 0 aliphatic carbocycles. The van der Waals surface area contributed by atoms with Crippen molar-refractivity contribution in [2.45, 2.75) is 410 Å². The molecule has 147 heavy (non-hydrogen) atoms. The average molecular weight is 2150 g/mol. The van der Waals surface area contributed by atoms with Crippen LogP contribution in [0.3, 0.4) is 0 Å². The number of amides is 5. The highest BCUT2D eigenvalue weighted by Crippen LogP contribution is 2.43. The van der Waals surface area contributed by atoms with E-state index in [0.717, 1.165) is 34.6 Å². The molecule has 0 saturated carbocycles. The third-order valence-electron chi connectivity index (χ3n) is 27.0. The van der Waals surface area contributed by atoms with Gasteiger partial charge < -0.3 is 299 Å².